The van der Waals surface area contributed by atoms with Crippen LogP contribution in [0.5, 0.6) is 0 Å². The zero-order chi connectivity index (χ0) is 19.8. The number of rotatable bonds is 9. The number of benzene rings is 3. The fourth-order valence-corrected chi connectivity index (χ4v) is 3.40. The molecule has 0 bridgehead atoms. The van der Waals surface area contributed by atoms with Gasteiger partial charge < -0.3 is 14.9 Å². The van der Waals surface area contributed by atoms with Gasteiger partial charge in [0, 0.05) is 6.42 Å². The standard InChI is InChI=1S/C25H26O3/c1-20(19-26)24(27)17-18-28-25(21-11-5-2-6-12-21,22-13-7-3-8-14-22)23-15-9-4-10-16-23/h2-16,24,26-27H,1,17-19H2. The summed E-state index contributed by atoms with van der Waals surface area (Å²) in [6.07, 6.45) is -0.446. The van der Waals surface area contributed by atoms with E-state index < -0.39 is 11.7 Å². The van der Waals surface area contributed by atoms with Gasteiger partial charge in [-0.25, -0.2) is 0 Å². The van der Waals surface area contributed by atoms with Crippen molar-refractivity contribution in [3.8, 4) is 0 Å². The van der Waals surface area contributed by atoms with Crippen LogP contribution >= 0.6 is 0 Å². The zero-order valence-corrected chi connectivity index (χ0v) is 15.9. The topological polar surface area (TPSA) is 49.7 Å². The molecule has 3 rings (SSSR count). The molecular weight excluding hydrogens is 348 g/mol. The maximum absolute atomic E-state index is 10.2. The van der Waals surface area contributed by atoms with Crippen molar-refractivity contribution < 1.29 is 14.9 Å². The lowest BCUT2D eigenvalue weighted by molar-refractivity contribution is -0.00197. The first kappa shape index (κ1) is 20.0. The summed E-state index contributed by atoms with van der Waals surface area (Å²) in [5.41, 5.74) is 2.64. The maximum atomic E-state index is 10.2. The van der Waals surface area contributed by atoms with Crippen molar-refractivity contribution in [2.24, 2.45) is 0 Å². The monoisotopic (exact) mass is 374 g/mol. The molecule has 0 aliphatic rings. The van der Waals surface area contributed by atoms with Crippen molar-refractivity contribution in [3.05, 3.63) is 120 Å². The molecule has 0 fully saturated rings. The van der Waals surface area contributed by atoms with Gasteiger partial charge in [0.15, 0.2) is 0 Å². The van der Waals surface area contributed by atoms with E-state index >= 15 is 0 Å². The van der Waals surface area contributed by atoms with Crippen molar-refractivity contribution in [1.29, 1.82) is 0 Å². The third-order valence-corrected chi connectivity index (χ3v) is 4.93. The second-order valence-corrected chi connectivity index (χ2v) is 6.75. The maximum Gasteiger partial charge on any atom is 0.143 e. The van der Waals surface area contributed by atoms with Gasteiger partial charge >= 0.3 is 0 Å². The van der Waals surface area contributed by atoms with E-state index in [2.05, 4.69) is 43.0 Å². The average molecular weight is 374 g/mol. The number of hydrogen-bond acceptors (Lipinski definition) is 3. The summed E-state index contributed by atoms with van der Waals surface area (Å²) in [5, 5.41) is 19.4. The number of ether oxygens (including phenoxy) is 1. The van der Waals surface area contributed by atoms with E-state index in [4.69, 9.17) is 4.74 Å². The third-order valence-electron chi connectivity index (χ3n) is 4.93. The molecule has 3 aromatic rings. The normalized spacial score (nSPS) is 12.5. The first-order chi connectivity index (χ1) is 13.7. The first-order valence-corrected chi connectivity index (χ1v) is 9.45. The van der Waals surface area contributed by atoms with E-state index in [9.17, 15) is 10.2 Å². The highest BCUT2D eigenvalue weighted by Crippen LogP contribution is 2.40. The molecule has 0 aliphatic heterocycles. The molecule has 0 heterocycles. The summed E-state index contributed by atoms with van der Waals surface area (Å²) in [6, 6.07) is 30.3. The Kier molecular flexibility index (Phi) is 6.77. The predicted molar refractivity (Wildman–Crippen MR) is 112 cm³/mol. The Balaban J connectivity index is 2.05. The Hall–Kier alpha value is -2.72. The SMILES string of the molecule is C=C(CO)C(O)CCOC(c1ccccc1)(c1ccccc1)c1ccccc1. The van der Waals surface area contributed by atoms with Gasteiger partial charge in [-0.1, -0.05) is 97.6 Å². The smallest absolute Gasteiger partial charge is 0.143 e. The molecule has 0 saturated carbocycles. The highest BCUT2D eigenvalue weighted by atomic mass is 16.5. The molecule has 0 aliphatic carbocycles. The van der Waals surface area contributed by atoms with Crippen LogP contribution in [0.3, 0.4) is 0 Å². The van der Waals surface area contributed by atoms with Crippen molar-refractivity contribution in [2.45, 2.75) is 18.1 Å². The van der Waals surface area contributed by atoms with Crippen LogP contribution in [0.2, 0.25) is 0 Å². The van der Waals surface area contributed by atoms with Crippen LogP contribution in [0.4, 0.5) is 0 Å². The summed E-state index contributed by atoms with van der Waals surface area (Å²) in [6.45, 7) is 3.78. The second kappa shape index (κ2) is 9.47. The number of hydrogen-bond donors (Lipinski definition) is 2. The fourth-order valence-electron chi connectivity index (χ4n) is 3.40. The van der Waals surface area contributed by atoms with Gasteiger partial charge in [-0.2, -0.15) is 0 Å². The highest BCUT2D eigenvalue weighted by molar-refractivity contribution is 5.47. The average Bonchev–Trinajstić information content (AvgIpc) is 2.78. The van der Waals surface area contributed by atoms with Crippen LogP contribution in [0.1, 0.15) is 23.1 Å². The lowest BCUT2D eigenvalue weighted by atomic mass is 9.80. The molecule has 0 spiro atoms. The van der Waals surface area contributed by atoms with Gasteiger partial charge in [-0.05, 0) is 22.3 Å². The largest absolute Gasteiger partial charge is 0.392 e. The van der Waals surface area contributed by atoms with Crippen LogP contribution in [-0.2, 0) is 10.3 Å². The van der Waals surface area contributed by atoms with Crippen LogP contribution in [0.25, 0.3) is 0 Å². The molecule has 1 atom stereocenters. The van der Waals surface area contributed by atoms with E-state index in [-0.39, 0.29) is 6.61 Å². The van der Waals surface area contributed by atoms with E-state index in [1.54, 1.807) is 0 Å². The van der Waals surface area contributed by atoms with Crippen LogP contribution in [0, 0.1) is 0 Å². The minimum absolute atomic E-state index is 0.234. The Morgan fingerprint density at radius 3 is 1.54 bits per heavy atom. The molecule has 3 aromatic carbocycles. The quantitative estimate of drug-likeness (QED) is 0.434. The van der Waals surface area contributed by atoms with Gasteiger partial charge in [-0.3, -0.25) is 0 Å². The first-order valence-electron chi connectivity index (χ1n) is 9.45. The van der Waals surface area contributed by atoms with E-state index in [1.165, 1.54) is 0 Å². The van der Waals surface area contributed by atoms with Crippen molar-refractivity contribution in [2.75, 3.05) is 13.2 Å². The van der Waals surface area contributed by atoms with Gasteiger partial charge in [-0.15, -0.1) is 0 Å². The number of aliphatic hydroxyl groups excluding tert-OH is 2. The molecule has 0 aromatic heterocycles. The molecule has 0 amide bonds. The molecule has 1 unspecified atom stereocenters. The van der Waals surface area contributed by atoms with Gasteiger partial charge in [0.25, 0.3) is 0 Å². The molecular formula is C25H26O3. The molecule has 2 N–H and O–H groups in total. The second-order valence-electron chi connectivity index (χ2n) is 6.75. The summed E-state index contributed by atoms with van der Waals surface area (Å²) < 4.78 is 6.57. The molecule has 28 heavy (non-hydrogen) atoms. The Bertz CT molecular complexity index is 763. The summed E-state index contributed by atoms with van der Waals surface area (Å²) in [4.78, 5) is 0. The minimum Gasteiger partial charge on any atom is -0.392 e. The van der Waals surface area contributed by atoms with E-state index in [1.807, 2.05) is 54.6 Å². The Morgan fingerprint density at radius 1 is 0.786 bits per heavy atom. The van der Waals surface area contributed by atoms with E-state index in [0.717, 1.165) is 16.7 Å². The van der Waals surface area contributed by atoms with Crippen molar-refractivity contribution >= 4 is 0 Å². The number of aliphatic hydroxyl groups is 2. The summed E-state index contributed by atoms with van der Waals surface area (Å²) in [7, 11) is 0. The minimum atomic E-state index is -0.802. The summed E-state index contributed by atoms with van der Waals surface area (Å²) >= 11 is 0. The van der Waals surface area contributed by atoms with Crippen LogP contribution < -0.4 is 0 Å². The third kappa shape index (κ3) is 4.23. The van der Waals surface area contributed by atoms with Gasteiger partial charge in [0.2, 0.25) is 0 Å². The van der Waals surface area contributed by atoms with Gasteiger partial charge in [0.1, 0.15) is 5.60 Å². The molecule has 0 saturated heterocycles. The van der Waals surface area contributed by atoms with Crippen molar-refractivity contribution in [1.82, 2.24) is 0 Å². The zero-order valence-electron chi connectivity index (χ0n) is 15.9. The Labute approximate surface area is 166 Å². The fraction of sp³-hybridized carbons (Fsp3) is 0.200. The van der Waals surface area contributed by atoms with E-state index in [0.29, 0.717) is 18.6 Å². The van der Waals surface area contributed by atoms with Gasteiger partial charge in [0.05, 0.1) is 19.3 Å². The lowest BCUT2D eigenvalue weighted by Gasteiger charge is -2.36. The predicted octanol–water partition coefficient (Wildman–Crippen LogP) is 4.29. The Morgan fingerprint density at radius 2 is 1.18 bits per heavy atom. The summed E-state index contributed by atoms with van der Waals surface area (Å²) in [5.74, 6) is 0. The molecule has 3 nitrogen and oxygen atoms in total. The highest BCUT2D eigenvalue weighted by Gasteiger charge is 2.37. The van der Waals surface area contributed by atoms with Crippen molar-refractivity contribution in [3.63, 3.8) is 0 Å². The molecule has 3 heteroatoms. The van der Waals surface area contributed by atoms with Crippen LogP contribution in [-0.4, -0.2) is 29.5 Å². The molecule has 0 radical (unpaired) electrons. The lowest BCUT2D eigenvalue weighted by Crippen LogP contribution is -2.34. The van der Waals surface area contributed by atoms with Crippen LogP contribution in [0.15, 0.2) is 103 Å². The molecule has 144 valence electrons.